The van der Waals surface area contributed by atoms with E-state index in [0.29, 0.717) is 5.69 Å². The Kier molecular flexibility index (Phi) is 5.09. The molecule has 0 saturated carbocycles. The Morgan fingerprint density at radius 2 is 1.27 bits per heavy atom. The molecule has 0 heterocycles. The SMILES string of the molecule is Cc1ccc(CN(c2ccc(C)cc2)S(=O)(=O)c2ccc(F)cc2)cc1. The molecule has 0 aromatic heterocycles. The summed E-state index contributed by atoms with van der Waals surface area (Å²) in [5.41, 5.74) is 3.60. The summed E-state index contributed by atoms with van der Waals surface area (Å²) in [6.45, 7) is 4.13. The van der Waals surface area contributed by atoms with Gasteiger partial charge in [-0.05, 0) is 55.8 Å². The van der Waals surface area contributed by atoms with Gasteiger partial charge in [0.25, 0.3) is 10.0 Å². The molecule has 0 spiro atoms. The maximum Gasteiger partial charge on any atom is 0.264 e. The standard InChI is InChI=1S/C21H20FNO2S/c1-16-3-7-18(8-4-16)15-23(20-11-5-17(2)6-12-20)26(24,25)21-13-9-19(22)10-14-21/h3-14H,15H2,1-2H3. The molecule has 0 bridgehead atoms. The van der Waals surface area contributed by atoms with Crippen molar-refractivity contribution in [2.75, 3.05) is 4.31 Å². The van der Waals surface area contributed by atoms with Crippen LogP contribution in [0.15, 0.2) is 77.7 Å². The van der Waals surface area contributed by atoms with Gasteiger partial charge < -0.3 is 0 Å². The highest BCUT2D eigenvalue weighted by atomic mass is 32.2. The van der Waals surface area contributed by atoms with Crippen molar-refractivity contribution < 1.29 is 12.8 Å². The van der Waals surface area contributed by atoms with Crippen molar-refractivity contribution in [2.45, 2.75) is 25.3 Å². The lowest BCUT2D eigenvalue weighted by molar-refractivity contribution is 0.589. The Hall–Kier alpha value is -2.66. The Balaban J connectivity index is 2.05. The third-order valence-electron chi connectivity index (χ3n) is 4.17. The van der Waals surface area contributed by atoms with Crippen molar-refractivity contribution in [1.29, 1.82) is 0 Å². The van der Waals surface area contributed by atoms with E-state index in [1.54, 1.807) is 12.1 Å². The molecule has 3 nitrogen and oxygen atoms in total. The predicted octanol–water partition coefficient (Wildman–Crippen LogP) is 4.84. The highest BCUT2D eigenvalue weighted by Gasteiger charge is 2.25. The van der Waals surface area contributed by atoms with Crippen LogP contribution in [0.4, 0.5) is 10.1 Å². The third-order valence-corrected chi connectivity index (χ3v) is 5.96. The van der Waals surface area contributed by atoms with E-state index in [4.69, 9.17) is 0 Å². The van der Waals surface area contributed by atoms with Crippen LogP contribution in [-0.2, 0) is 16.6 Å². The van der Waals surface area contributed by atoms with Gasteiger partial charge in [-0.3, -0.25) is 4.31 Å². The van der Waals surface area contributed by atoms with E-state index >= 15 is 0 Å². The van der Waals surface area contributed by atoms with Gasteiger partial charge >= 0.3 is 0 Å². The number of halogens is 1. The van der Waals surface area contributed by atoms with Gasteiger partial charge in [0.05, 0.1) is 17.1 Å². The lowest BCUT2D eigenvalue weighted by Gasteiger charge is -2.25. The summed E-state index contributed by atoms with van der Waals surface area (Å²) in [6, 6.07) is 19.9. The Labute approximate surface area is 153 Å². The minimum Gasteiger partial charge on any atom is -0.262 e. The van der Waals surface area contributed by atoms with Crippen molar-refractivity contribution in [2.24, 2.45) is 0 Å². The molecule has 3 aromatic carbocycles. The second-order valence-electron chi connectivity index (χ2n) is 6.29. The molecule has 3 aromatic rings. The van der Waals surface area contributed by atoms with E-state index in [0.717, 1.165) is 28.8 Å². The molecule has 0 unspecified atom stereocenters. The molecule has 0 N–H and O–H groups in total. The molecule has 0 atom stereocenters. The second-order valence-corrected chi connectivity index (χ2v) is 8.15. The number of sulfonamides is 1. The minimum absolute atomic E-state index is 0.0617. The van der Waals surface area contributed by atoms with Crippen LogP contribution in [0.25, 0.3) is 0 Å². The Morgan fingerprint density at radius 3 is 1.81 bits per heavy atom. The first-order chi connectivity index (χ1) is 12.4. The third kappa shape index (κ3) is 3.94. The summed E-state index contributed by atoms with van der Waals surface area (Å²) in [6.07, 6.45) is 0. The van der Waals surface area contributed by atoms with Crippen LogP contribution >= 0.6 is 0 Å². The molecule has 0 aliphatic heterocycles. The Morgan fingerprint density at radius 1 is 0.769 bits per heavy atom. The normalized spacial score (nSPS) is 11.3. The fraction of sp³-hybridized carbons (Fsp3) is 0.143. The molecule has 3 rings (SSSR count). The minimum atomic E-state index is -3.83. The van der Waals surface area contributed by atoms with Crippen LogP contribution < -0.4 is 4.31 Å². The molecule has 0 aliphatic rings. The zero-order chi connectivity index (χ0) is 18.7. The largest absolute Gasteiger partial charge is 0.264 e. The molecule has 0 aliphatic carbocycles. The quantitative estimate of drug-likeness (QED) is 0.645. The van der Waals surface area contributed by atoms with E-state index < -0.39 is 15.8 Å². The first kappa shape index (κ1) is 18.1. The van der Waals surface area contributed by atoms with Crippen LogP contribution in [0.2, 0.25) is 0 Å². The molecular weight excluding hydrogens is 349 g/mol. The molecule has 26 heavy (non-hydrogen) atoms. The van der Waals surface area contributed by atoms with Gasteiger partial charge in [0, 0.05) is 0 Å². The van der Waals surface area contributed by atoms with Gasteiger partial charge in [-0.25, -0.2) is 12.8 Å². The zero-order valence-electron chi connectivity index (χ0n) is 14.7. The van der Waals surface area contributed by atoms with Crippen LogP contribution in [0.1, 0.15) is 16.7 Å². The van der Waals surface area contributed by atoms with Crippen molar-refractivity contribution in [3.63, 3.8) is 0 Å². The van der Waals surface area contributed by atoms with E-state index in [9.17, 15) is 12.8 Å². The summed E-state index contributed by atoms with van der Waals surface area (Å²) >= 11 is 0. The topological polar surface area (TPSA) is 37.4 Å². The Bertz CT molecular complexity index is 980. The second kappa shape index (κ2) is 7.30. The van der Waals surface area contributed by atoms with Crippen LogP contribution in [0.3, 0.4) is 0 Å². The van der Waals surface area contributed by atoms with Crippen LogP contribution in [-0.4, -0.2) is 8.42 Å². The van der Waals surface area contributed by atoms with Gasteiger partial charge in [0.1, 0.15) is 5.82 Å². The monoisotopic (exact) mass is 369 g/mol. The van der Waals surface area contributed by atoms with Gasteiger partial charge in [-0.15, -0.1) is 0 Å². The lowest BCUT2D eigenvalue weighted by Crippen LogP contribution is -2.30. The van der Waals surface area contributed by atoms with Gasteiger partial charge in [-0.2, -0.15) is 0 Å². The average molecular weight is 369 g/mol. The van der Waals surface area contributed by atoms with Gasteiger partial charge in [0.15, 0.2) is 0 Å². The summed E-state index contributed by atoms with van der Waals surface area (Å²) < 4.78 is 41.0. The van der Waals surface area contributed by atoms with Crippen molar-refractivity contribution in [3.8, 4) is 0 Å². The predicted molar refractivity (Wildman–Crippen MR) is 102 cm³/mol. The summed E-state index contributed by atoms with van der Waals surface area (Å²) in [5.74, 6) is -0.468. The van der Waals surface area contributed by atoms with Crippen LogP contribution in [0, 0.1) is 19.7 Å². The number of rotatable bonds is 5. The molecule has 0 fully saturated rings. The fourth-order valence-electron chi connectivity index (χ4n) is 2.62. The number of hydrogen-bond acceptors (Lipinski definition) is 2. The highest BCUT2D eigenvalue weighted by molar-refractivity contribution is 7.92. The number of hydrogen-bond donors (Lipinski definition) is 0. The van der Waals surface area contributed by atoms with E-state index in [-0.39, 0.29) is 11.4 Å². The van der Waals surface area contributed by atoms with E-state index in [2.05, 4.69) is 0 Å². The fourth-order valence-corrected chi connectivity index (χ4v) is 4.07. The summed E-state index contributed by atoms with van der Waals surface area (Å²) in [5, 5.41) is 0. The maximum atomic E-state index is 13.2. The first-order valence-corrected chi connectivity index (χ1v) is 9.71. The van der Waals surface area contributed by atoms with Crippen LogP contribution in [0.5, 0.6) is 0 Å². The number of anilines is 1. The summed E-state index contributed by atoms with van der Waals surface area (Å²) in [4.78, 5) is 0.0617. The smallest absolute Gasteiger partial charge is 0.262 e. The first-order valence-electron chi connectivity index (χ1n) is 8.27. The van der Waals surface area contributed by atoms with Crippen molar-refractivity contribution in [1.82, 2.24) is 0 Å². The summed E-state index contributed by atoms with van der Waals surface area (Å²) in [7, 11) is -3.83. The lowest BCUT2D eigenvalue weighted by atomic mass is 10.1. The number of aryl methyl sites for hydroxylation is 2. The molecular formula is C21H20FNO2S. The van der Waals surface area contributed by atoms with E-state index in [1.807, 2.05) is 50.2 Å². The molecule has 0 amide bonds. The molecule has 5 heteroatoms. The molecule has 0 radical (unpaired) electrons. The van der Waals surface area contributed by atoms with Gasteiger partial charge in [0.2, 0.25) is 0 Å². The number of benzene rings is 3. The zero-order valence-corrected chi connectivity index (χ0v) is 15.5. The highest BCUT2D eigenvalue weighted by Crippen LogP contribution is 2.26. The van der Waals surface area contributed by atoms with E-state index in [1.165, 1.54) is 16.4 Å². The average Bonchev–Trinajstić information content (AvgIpc) is 2.62. The maximum absolute atomic E-state index is 13.2. The van der Waals surface area contributed by atoms with Crippen molar-refractivity contribution >= 4 is 15.7 Å². The number of nitrogens with zero attached hydrogens (tertiary/aromatic N) is 1. The molecule has 0 saturated heterocycles. The van der Waals surface area contributed by atoms with Crippen molar-refractivity contribution in [3.05, 3.63) is 95.3 Å². The van der Waals surface area contributed by atoms with Gasteiger partial charge in [-0.1, -0.05) is 47.5 Å². The molecule has 134 valence electrons.